The van der Waals surface area contributed by atoms with Crippen molar-refractivity contribution in [3.05, 3.63) is 40.7 Å². The van der Waals surface area contributed by atoms with Crippen LogP contribution in [0.3, 0.4) is 0 Å². The van der Waals surface area contributed by atoms with E-state index >= 15 is 0 Å². The zero-order valence-corrected chi connectivity index (χ0v) is 12.2. The number of ether oxygens (including phenoxy) is 1. The first kappa shape index (κ1) is 14.1. The van der Waals surface area contributed by atoms with Gasteiger partial charge in [-0.05, 0) is 30.4 Å². The molecule has 0 saturated heterocycles. The lowest BCUT2D eigenvalue weighted by atomic mass is 9.98. The second-order valence-corrected chi connectivity index (χ2v) is 5.66. The Kier molecular flexibility index (Phi) is 4.55. The molecule has 0 radical (unpaired) electrons. The Hall–Kier alpha value is -1.81. The van der Waals surface area contributed by atoms with Gasteiger partial charge in [0.05, 0.1) is 12.7 Å². The summed E-state index contributed by atoms with van der Waals surface area (Å²) >= 11 is 0. The molecule has 0 spiro atoms. The molecule has 21 heavy (non-hydrogen) atoms. The molecule has 4 nitrogen and oxygen atoms in total. The van der Waals surface area contributed by atoms with Crippen LogP contribution in [0.2, 0.25) is 0 Å². The Balaban J connectivity index is 1.54. The van der Waals surface area contributed by atoms with Gasteiger partial charge in [0, 0.05) is 11.9 Å². The molecule has 1 heterocycles. The van der Waals surface area contributed by atoms with Crippen molar-refractivity contribution >= 4 is 16.6 Å². The van der Waals surface area contributed by atoms with Gasteiger partial charge in [-0.15, -0.1) is 0 Å². The molecule has 0 bridgehead atoms. The maximum absolute atomic E-state index is 12.0. The first-order valence-electron chi connectivity index (χ1n) is 7.80. The van der Waals surface area contributed by atoms with E-state index in [2.05, 4.69) is 10.3 Å². The summed E-state index contributed by atoms with van der Waals surface area (Å²) in [5.41, 5.74) is -0.0520. The Bertz CT molecular complexity index is 645. The number of anilines is 1. The summed E-state index contributed by atoms with van der Waals surface area (Å²) in [4.78, 5) is 14.8. The van der Waals surface area contributed by atoms with Crippen LogP contribution in [0.1, 0.15) is 32.1 Å². The third-order valence-electron chi connectivity index (χ3n) is 4.08. The highest BCUT2D eigenvalue weighted by atomic mass is 16.5. The summed E-state index contributed by atoms with van der Waals surface area (Å²) in [5.74, 6) is 0.756. The first-order valence-corrected chi connectivity index (χ1v) is 7.80. The number of hydrogen-bond donors (Lipinski definition) is 2. The van der Waals surface area contributed by atoms with E-state index in [9.17, 15) is 4.79 Å². The molecule has 0 atom stereocenters. The Morgan fingerprint density at radius 1 is 1.19 bits per heavy atom. The molecular formula is C17H22N2O2. The molecule has 1 aromatic heterocycles. The number of aromatic nitrogens is 1. The van der Waals surface area contributed by atoms with Crippen LogP contribution in [0.25, 0.3) is 10.8 Å². The zero-order valence-electron chi connectivity index (χ0n) is 12.2. The van der Waals surface area contributed by atoms with Gasteiger partial charge in [0.2, 0.25) is 0 Å². The van der Waals surface area contributed by atoms with Crippen LogP contribution in [0.15, 0.2) is 35.1 Å². The summed E-state index contributed by atoms with van der Waals surface area (Å²) in [6, 6.07) is 9.58. The number of aromatic amines is 1. The summed E-state index contributed by atoms with van der Waals surface area (Å²) in [5, 5.41) is 4.92. The third-order valence-corrected chi connectivity index (χ3v) is 4.08. The van der Waals surface area contributed by atoms with Crippen molar-refractivity contribution < 1.29 is 4.74 Å². The molecule has 1 fully saturated rings. The molecule has 4 heteroatoms. The summed E-state index contributed by atoms with van der Waals surface area (Å²) < 4.78 is 5.87. The number of H-pyrrole nitrogens is 1. The smallest absolute Gasteiger partial charge is 0.257 e. The van der Waals surface area contributed by atoms with Crippen molar-refractivity contribution in [1.29, 1.82) is 0 Å². The molecule has 112 valence electrons. The largest absolute Gasteiger partial charge is 0.376 e. The first-order chi connectivity index (χ1) is 10.3. The molecule has 1 aliphatic rings. The minimum atomic E-state index is -0.0520. The number of hydrogen-bond acceptors (Lipinski definition) is 3. The topological polar surface area (TPSA) is 54.1 Å². The lowest BCUT2D eigenvalue weighted by Crippen LogP contribution is -2.21. The van der Waals surface area contributed by atoms with Gasteiger partial charge in [-0.2, -0.15) is 0 Å². The maximum Gasteiger partial charge on any atom is 0.257 e. The quantitative estimate of drug-likeness (QED) is 0.829. The Labute approximate surface area is 124 Å². The van der Waals surface area contributed by atoms with Crippen molar-refractivity contribution in [2.75, 3.05) is 18.5 Å². The van der Waals surface area contributed by atoms with Gasteiger partial charge in [0.15, 0.2) is 0 Å². The fraction of sp³-hybridized carbons (Fsp3) is 0.471. The van der Waals surface area contributed by atoms with Crippen molar-refractivity contribution in [3.8, 4) is 0 Å². The lowest BCUT2D eigenvalue weighted by Gasteiger charge is -2.22. The molecule has 1 aromatic carbocycles. The fourth-order valence-corrected chi connectivity index (χ4v) is 2.95. The average Bonchev–Trinajstić information content (AvgIpc) is 2.53. The number of fused-ring (bicyclic) bond motifs is 1. The van der Waals surface area contributed by atoms with E-state index in [1.165, 1.54) is 32.1 Å². The van der Waals surface area contributed by atoms with Gasteiger partial charge in [0.25, 0.3) is 5.56 Å². The van der Waals surface area contributed by atoms with Crippen LogP contribution >= 0.6 is 0 Å². The van der Waals surface area contributed by atoms with Gasteiger partial charge in [-0.3, -0.25) is 4.79 Å². The van der Waals surface area contributed by atoms with Gasteiger partial charge in [0.1, 0.15) is 5.82 Å². The van der Waals surface area contributed by atoms with Crippen LogP contribution in [-0.2, 0) is 4.74 Å². The van der Waals surface area contributed by atoms with Crippen molar-refractivity contribution in [2.24, 2.45) is 0 Å². The predicted molar refractivity (Wildman–Crippen MR) is 85.9 cm³/mol. The van der Waals surface area contributed by atoms with E-state index < -0.39 is 0 Å². The Morgan fingerprint density at radius 2 is 2.00 bits per heavy atom. The van der Waals surface area contributed by atoms with Gasteiger partial charge < -0.3 is 15.0 Å². The number of rotatable bonds is 5. The van der Waals surface area contributed by atoms with Gasteiger partial charge >= 0.3 is 0 Å². The molecule has 1 aliphatic carbocycles. The highest BCUT2D eigenvalue weighted by Crippen LogP contribution is 2.20. The van der Waals surface area contributed by atoms with E-state index in [-0.39, 0.29) is 5.56 Å². The summed E-state index contributed by atoms with van der Waals surface area (Å²) in [6.45, 7) is 1.39. The maximum atomic E-state index is 12.0. The van der Waals surface area contributed by atoms with E-state index in [1.54, 1.807) is 0 Å². The minimum absolute atomic E-state index is 0.0520. The molecule has 0 unspecified atom stereocenters. The third kappa shape index (κ3) is 3.64. The lowest BCUT2D eigenvalue weighted by molar-refractivity contribution is 0.0347. The number of nitrogens with one attached hydrogen (secondary N) is 2. The van der Waals surface area contributed by atoms with E-state index in [4.69, 9.17) is 4.74 Å². The van der Waals surface area contributed by atoms with Crippen molar-refractivity contribution in [1.82, 2.24) is 4.98 Å². The van der Waals surface area contributed by atoms with E-state index in [1.807, 2.05) is 30.3 Å². The molecule has 0 amide bonds. The van der Waals surface area contributed by atoms with E-state index in [0.29, 0.717) is 19.3 Å². The summed E-state index contributed by atoms with van der Waals surface area (Å²) in [7, 11) is 0. The Morgan fingerprint density at radius 3 is 2.86 bits per heavy atom. The molecular weight excluding hydrogens is 264 g/mol. The minimum Gasteiger partial charge on any atom is -0.376 e. The molecule has 0 aliphatic heterocycles. The van der Waals surface area contributed by atoms with Crippen molar-refractivity contribution in [2.45, 2.75) is 38.2 Å². The molecule has 3 rings (SSSR count). The number of benzene rings is 1. The van der Waals surface area contributed by atoms with Crippen LogP contribution < -0.4 is 10.9 Å². The normalized spacial score (nSPS) is 16.2. The summed E-state index contributed by atoms with van der Waals surface area (Å²) in [6.07, 6.45) is 6.72. The van der Waals surface area contributed by atoms with Gasteiger partial charge in [-0.1, -0.05) is 37.5 Å². The average molecular weight is 286 g/mol. The zero-order chi connectivity index (χ0) is 14.5. The van der Waals surface area contributed by atoms with Crippen LogP contribution in [-0.4, -0.2) is 24.2 Å². The standard InChI is InChI=1S/C17H22N2O2/c20-17-15-9-5-4-6-13(15)12-16(19-17)18-10-11-21-14-7-2-1-3-8-14/h4-6,9,12,14H,1-3,7-8,10-11H2,(H2,18,19,20). The fourth-order valence-electron chi connectivity index (χ4n) is 2.95. The highest BCUT2D eigenvalue weighted by molar-refractivity contribution is 5.83. The highest BCUT2D eigenvalue weighted by Gasteiger charge is 2.13. The van der Waals surface area contributed by atoms with Crippen molar-refractivity contribution in [3.63, 3.8) is 0 Å². The van der Waals surface area contributed by atoms with E-state index in [0.717, 1.165) is 16.6 Å². The second-order valence-electron chi connectivity index (χ2n) is 5.66. The van der Waals surface area contributed by atoms with Crippen LogP contribution in [0.5, 0.6) is 0 Å². The molecule has 2 aromatic rings. The predicted octanol–water partition coefficient (Wildman–Crippen LogP) is 3.29. The second kappa shape index (κ2) is 6.76. The molecule has 1 saturated carbocycles. The van der Waals surface area contributed by atoms with Crippen LogP contribution in [0.4, 0.5) is 5.82 Å². The molecule has 2 N–H and O–H groups in total. The van der Waals surface area contributed by atoms with Gasteiger partial charge in [-0.25, -0.2) is 0 Å². The monoisotopic (exact) mass is 286 g/mol. The SMILES string of the molecule is O=c1[nH]c(NCCOC2CCCCC2)cc2ccccc12. The number of pyridine rings is 1. The van der Waals surface area contributed by atoms with Crippen LogP contribution in [0, 0.1) is 0 Å².